The van der Waals surface area contributed by atoms with Crippen molar-refractivity contribution in [3.63, 3.8) is 0 Å². The molecule has 21 heavy (non-hydrogen) atoms. The lowest BCUT2D eigenvalue weighted by Gasteiger charge is -2.06. The van der Waals surface area contributed by atoms with Crippen molar-refractivity contribution in [2.24, 2.45) is 12.8 Å². The molecule has 0 spiro atoms. The van der Waals surface area contributed by atoms with Crippen LogP contribution in [-0.2, 0) is 23.2 Å². The summed E-state index contributed by atoms with van der Waals surface area (Å²) >= 11 is 0.760. The summed E-state index contributed by atoms with van der Waals surface area (Å²) in [4.78, 5) is 51.2. The highest BCUT2D eigenvalue weighted by molar-refractivity contribution is 7.99. The molecule has 11 heteroatoms. The Labute approximate surface area is 120 Å². The molecule has 0 saturated carbocycles. The lowest BCUT2D eigenvalue weighted by Crippen LogP contribution is -2.30. The van der Waals surface area contributed by atoms with Gasteiger partial charge in [-0.25, -0.2) is 9.78 Å². The van der Waals surface area contributed by atoms with Gasteiger partial charge in [-0.05, 0) is 0 Å². The molecule has 0 fully saturated rings. The summed E-state index contributed by atoms with van der Waals surface area (Å²) in [6.45, 7) is -0.368. The molecule has 0 unspecified atom stereocenters. The fourth-order valence-electron chi connectivity index (χ4n) is 1.75. The molecule has 0 saturated heterocycles. The maximum absolute atomic E-state index is 11.9. The number of H-pyrrole nitrogens is 1. The number of nitrogens with zero attached hydrogens (tertiary/aromatic N) is 3. The number of primary amides is 1. The molecular formula is C10H10N5O5S-. The van der Waals surface area contributed by atoms with Gasteiger partial charge < -0.3 is 20.2 Å². The van der Waals surface area contributed by atoms with E-state index in [-0.39, 0.29) is 22.9 Å². The molecule has 0 atom stereocenters. The molecule has 2 heterocycles. The summed E-state index contributed by atoms with van der Waals surface area (Å²) in [5, 5.41) is 10.6. The zero-order chi connectivity index (χ0) is 15.7. The maximum Gasteiger partial charge on any atom is 0.329 e. The van der Waals surface area contributed by atoms with Crippen molar-refractivity contribution in [2.75, 3.05) is 5.75 Å². The zero-order valence-electron chi connectivity index (χ0n) is 10.8. The minimum absolute atomic E-state index is 0.0308. The highest BCUT2D eigenvalue weighted by Crippen LogP contribution is 2.20. The second-order valence-corrected chi connectivity index (χ2v) is 5.04. The maximum atomic E-state index is 11.9. The van der Waals surface area contributed by atoms with E-state index in [4.69, 9.17) is 5.73 Å². The second-order valence-electron chi connectivity index (χ2n) is 4.10. The first-order valence-electron chi connectivity index (χ1n) is 5.61. The largest absolute Gasteiger partial charge is 0.549 e. The number of nitrogens with one attached hydrogen (secondary N) is 1. The molecule has 2 rings (SSSR count). The number of carboxylic acid groups (broad SMARTS) is 1. The van der Waals surface area contributed by atoms with Crippen LogP contribution in [0.25, 0.3) is 11.2 Å². The Balaban J connectivity index is 2.72. The van der Waals surface area contributed by atoms with Gasteiger partial charge in [-0.3, -0.25) is 19.1 Å². The molecule has 3 N–H and O–H groups in total. The molecule has 10 nitrogen and oxygen atoms in total. The van der Waals surface area contributed by atoms with E-state index in [0.717, 1.165) is 16.3 Å². The Bertz CT molecular complexity index is 848. The first-order chi connectivity index (χ1) is 9.81. The Morgan fingerprint density at radius 1 is 1.43 bits per heavy atom. The van der Waals surface area contributed by atoms with E-state index in [0.29, 0.717) is 0 Å². The number of aryl methyl sites for hydroxylation is 1. The standard InChI is InChI=1S/C10H11N5O5S/c1-14-7-6(8(19)13-9(14)20)15(2-4(11)16)10(12-7)21-3-5(17)18/h2-3H2,1H3,(H2,11,16)(H,17,18)(H,13,19,20)/p-1. The minimum Gasteiger partial charge on any atom is -0.549 e. The van der Waals surface area contributed by atoms with E-state index in [2.05, 4.69) is 9.97 Å². The first-order valence-corrected chi connectivity index (χ1v) is 6.60. The van der Waals surface area contributed by atoms with Gasteiger partial charge in [-0.2, -0.15) is 0 Å². The lowest BCUT2D eigenvalue weighted by molar-refractivity contribution is -0.301. The summed E-state index contributed by atoms with van der Waals surface area (Å²) in [5.74, 6) is -2.49. The van der Waals surface area contributed by atoms with Gasteiger partial charge in [-0.15, -0.1) is 0 Å². The molecule has 2 aromatic rings. The van der Waals surface area contributed by atoms with E-state index in [9.17, 15) is 24.3 Å². The van der Waals surface area contributed by atoms with Crippen LogP contribution in [0, 0.1) is 0 Å². The van der Waals surface area contributed by atoms with Gasteiger partial charge in [0.2, 0.25) is 5.91 Å². The number of aliphatic carboxylic acids is 1. The third kappa shape index (κ3) is 2.81. The molecule has 2 aromatic heterocycles. The van der Waals surface area contributed by atoms with Crippen molar-refractivity contribution in [3.05, 3.63) is 20.8 Å². The molecule has 112 valence electrons. The SMILES string of the molecule is Cn1c(=O)[nH]c(=O)c2c1nc(SCC(=O)[O-])n2CC(N)=O. The van der Waals surface area contributed by atoms with Gasteiger partial charge in [0.1, 0.15) is 6.54 Å². The molecule has 0 bridgehead atoms. The van der Waals surface area contributed by atoms with Crippen LogP contribution in [0.3, 0.4) is 0 Å². The summed E-state index contributed by atoms with van der Waals surface area (Å²) < 4.78 is 2.25. The quantitative estimate of drug-likeness (QED) is 0.549. The van der Waals surface area contributed by atoms with Crippen LogP contribution in [0.5, 0.6) is 0 Å². The number of aromatic nitrogens is 4. The molecule has 0 aliphatic rings. The van der Waals surface area contributed by atoms with Crippen molar-refractivity contribution in [1.82, 2.24) is 19.1 Å². The fourth-order valence-corrected chi connectivity index (χ4v) is 2.46. The Hall–Kier alpha value is -2.56. The average Bonchev–Trinajstić information content (AvgIpc) is 2.72. The molecule has 1 amide bonds. The number of thioether (sulfide) groups is 1. The lowest BCUT2D eigenvalue weighted by atomic mass is 10.5. The number of hydrogen-bond acceptors (Lipinski definition) is 7. The van der Waals surface area contributed by atoms with Gasteiger partial charge in [-0.1, -0.05) is 11.8 Å². The number of imidazole rings is 1. The van der Waals surface area contributed by atoms with E-state index < -0.39 is 28.9 Å². The number of nitrogens with two attached hydrogens (primary N) is 1. The van der Waals surface area contributed by atoms with Crippen LogP contribution in [0.15, 0.2) is 14.7 Å². The van der Waals surface area contributed by atoms with Crippen molar-refractivity contribution in [1.29, 1.82) is 0 Å². The summed E-state index contributed by atoms with van der Waals surface area (Å²) in [7, 11) is 1.38. The number of carbonyl (C=O) groups excluding carboxylic acids is 2. The highest BCUT2D eigenvalue weighted by Gasteiger charge is 2.18. The zero-order valence-corrected chi connectivity index (χ0v) is 11.6. The summed E-state index contributed by atoms with van der Waals surface area (Å²) in [6.07, 6.45) is 0. The Morgan fingerprint density at radius 2 is 2.10 bits per heavy atom. The number of carbonyl (C=O) groups is 2. The number of hydrogen-bond donors (Lipinski definition) is 2. The van der Waals surface area contributed by atoms with Crippen LogP contribution in [0.2, 0.25) is 0 Å². The molecule has 0 radical (unpaired) electrons. The molecule has 0 aliphatic heterocycles. The Morgan fingerprint density at radius 3 is 2.67 bits per heavy atom. The van der Waals surface area contributed by atoms with Crippen LogP contribution in [0.1, 0.15) is 0 Å². The fraction of sp³-hybridized carbons (Fsp3) is 0.300. The number of rotatable bonds is 5. The van der Waals surface area contributed by atoms with Crippen LogP contribution >= 0.6 is 11.8 Å². The van der Waals surface area contributed by atoms with E-state index in [1.165, 1.54) is 11.6 Å². The molecular weight excluding hydrogens is 302 g/mol. The number of carboxylic acids is 1. The predicted molar refractivity (Wildman–Crippen MR) is 70.5 cm³/mol. The summed E-state index contributed by atoms with van der Waals surface area (Å²) in [6, 6.07) is 0. The minimum atomic E-state index is -1.33. The number of fused-ring (bicyclic) bond motifs is 1. The van der Waals surface area contributed by atoms with Crippen molar-refractivity contribution in [3.8, 4) is 0 Å². The second kappa shape index (κ2) is 5.44. The van der Waals surface area contributed by atoms with Crippen LogP contribution in [-0.4, -0.2) is 36.7 Å². The smallest absolute Gasteiger partial charge is 0.329 e. The summed E-state index contributed by atoms with van der Waals surface area (Å²) in [5.41, 5.74) is 3.71. The topological polar surface area (TPSA) is 156 Å². The van der Waals surface area contributed by atoms with Crippen molar-refractivity contribution < 1.29 is 14.7 Å². The van der Waals surface area contributed by atoms with E-state index in [1.807, 2.05) is 0 Å². The van der Waals surface area contributed by atoms with E-state index >= 15 is 0 Å². The predicted octanol–water partition coefficient (Wildman–Crippen LogP) is -3.25. The van der Waals surface area contributed by atoms with Gasteiger partial charge in [0.25, 0.3) is 5.56 Å². The van der Waals surface area contributed by atoms with Gasteiger partial charge in [0.05, 0.1) is 5.97 Å². The number of aromatic amines is 1. The highest BCUT2D eigenvalue weighted by atomic mass is 32.2. The first kappa shape index (κ1) is 14.8. The van der Waals surface area contributed by atoms with Gasteiger partial charge in [0, 0.05) is 12.8 Å². The monoisotopic (exact) mass is 312 g/mol. The van der Waals surface area contributed by atoms with Crippen LogP contribution < -0.4 is 22.1 Å². The third-order valence-electron chi connectivity index (χ3n) is 2.61. The Kier molecular flexibility index (Phi) is 3.84. The van der Waals surface area contributed by atoms with E-state index in [1.54, 1.807) is 0 Å². The van der Waals surface area contributed by atoms with Crippen molar-refractivity contribution in [2.45, 2.75) is 11.7 Å². The van der Waals surface area contributed by atoms with Gasteiger partial charge >= 0.3 is 5.69 Å². The molecule has 0 aliphatic carbocycles. The van der Waals surface area contributed by atoms with Gasteiger partial charge in [0.15, 0.2) is 16.3 Å². The van der Waals surface area contributed by atoms with Crippen LogP contribution in [0.4, 0.5) is 0 Å². The molecule has 0 aromatic carbocycles. The normalized spacial score (nSPS) is 10.9. The number of amides is 1. The average molecular weight is 312 g/mol. The van der Waals surface area contributed by atoms with Crippen molar-refractivity contribution >= 4 is 34.8 Å². The third-order valence-corrected chi connectivity index (χ3v) is 3.56.